The van der Waals surface area contributed by atoms with Crippen molar-refractivity contribution in [2.75, 3.05) is 13.1 Å². The van der Waals surface area contributed by atoms with E-state index in [4.69, 9.17) is 23.2 Å². The Labute approximate surface area is 187 Å². The van der Waals surface area contributed by atoms with Gasteiger partial charge in [-0.15, -0.1) is 0 Å². The number of amides is 2. The largest absolute Gasteiger partial charge is 0.333 e. The highest BCUT2D eigenvalue weighted by molar-refractivity contribution is 6.32. The topological polar surface area (TPSA) is 40.6 Å². The van der Waals surface area contributed by atoms with Crippen molar-refractivity contribution in [1.82, 2.24) is 9.80 Å². The Hall–Kier alpha value is -2.56. The highest BCUT2D eigenvalue weighted by Crippen LogP contribution is 2.20. The summed E-state index contributed by atoms with van der Waals surface area (Å²) in [5.41, 5.74) is 1.60. The average molecular weight is 443 g/mol. The van der Waals surface area contributed by atoms with Gasteiger partial charge in [0.15, 0.2) is 0 Å². The molecule has 30 heavy (non-hydrogen) atoms. The molecule has 1 aliphatic heterocycles. The van der Waals surface area contributed by atoms with Crippen molar-refractivity contribution in [3.8, 4) is 0 Å². The normalized spacial score (nSPS) is 19.6. The van der Waals surface area contributed by atoms with Gasteiger partial charge in [0.05, 0.1) is 0 Å². The van der Waals surface area contributed by atoms with E-state index in [-0.39, 0.29) is 23.9 Å². The number of hydrogen-bond acceptors (Lipinski definition) is 2. The highest BCUT2D eigenvalue weighted by atomic mass is 35.5. The number of hydrogen-bond donors (Lipinski definition) is 0. The minimum atomic E-state index is -0.0951. The average Bonchev–Trinajstić information content (AvgIpc) is 2.73. The molecule has 0 radical (unpaired) electrons. The molecule has 1 saturated heterocycles. The molecule has 156 valence electrons. The molecule has 0 unspecified atom stereocenters. The minimum Gasteiger partial charge on any atom is -0.333 e. The number of halogens is 2. The molecule has 1 heterocycles. The Kier molecular flexibility index (Phi) is 7.35. The van der Waals surface area contributed by atoms with E-state index in [1.807, 2.05) is 50.2 Å². The Morgan fingerprint density at radius 1 is 0.767 bits per heavy atom. The van der Waals surface area contributed by atoms with Gasteiger partial charge in [-0.2, -0.15) is 0 Å². The summed E-state index contributed by atoms with van der Waals surface area (Å²) in [5.74, 6) is -0.180. The second kappa shape index (κ2) is 9.96. The maximum absolute atomic E-state index is 12.7. The zero-order valence-corrected chi connectivity index (χ0v) is 18.5. The van der Waals surface area contributed by atoms with Crippen LogP contribution in [-0.4, -0.2) is 46.8 Å². The van der Waals surface area contributed by atoms with E-state index in [0.717, 1.165) is 11.1 Å². The minimum absolute atomic E-state index is 0.0898. The van der Waals surface area contributed by atoms with Gasteiger partial charge in [0.2, 0.25) is 11.8 Å². The molecule has 0 saturated carbocycles. The van der Waals surface area contributed by atoms with Gasteiger partial charge in [0.1, 0.15) is 0 Å². The molecule has 6 heteroatoms. The Balaban J connectivity index is 1.64. The van der Waals surface area contributed by atoms with Gasteiger partial charge in [0.25, 0.3) is 0 Å². The second-order valence-electron chi connectivity index (χ2n) is 7.39. The molecule has 0 aliphatic carbocycles. The van der Waals surface area contributed by atoms with Crippen LogP contribution in [-0.2, 0) is 9.59 Å². The summed E-state index contributed by atoms with van der Waals surface area (Å²) in [6.07, 6.45) is 6.54. The summed E-state index contributed by atoms with van der Waals surface area (Å²) in [4.78, 5) is 29.0. The van der Waals surface area contributed by atoms with Crippen molar-refractivity contribution in [1.29, 1.82) is 0 Å². The first kappa shape index (κ1) is 22.1. The van der Waals surface area contributed by atoms with E-state index in [1.165, 1.54) is 0 Å². The molecule has 3 rings (SSSR count). The van der Waals surface area contributed by atoms with Crippen molar-refractivity contribution in [3.63, 3.8) is 0 Å². The lowest BCUT2D eigenvalue weighted by Crippen LogP contribution is -2.59. The third kappa shape index (κ3) is 5.32. The van der Waals surface area contributed by atoms with Crippen molar-refractivity contribution in [3.05, 3.63) is 81.9 Å². The van der Waals surface area contributed by atoms with Gasteiger partial charge < -0.3 is 9.80 Å². The molecule has 0 N–H and O–H groups in total. The third-order valence-electron chi connectivity index (χ3n) is 5.17. The van der Waals surface area contributed by atoms with Gasteiger partial charge in [-0.25, -0.2) is 0 Å². The quantitative estimate of drug-likeness (QED) is 0.612. The summed E-state index contributed by atoms with van der Waals surface area (Å²) in [5, 5.41) is 1.20. The number of nitrogens with zero attached hydrogens (tertiary/aromatic N) is 2. The van der Waals surface area contributed by atoms with Crippen LogP contribution in [0.3, 0.4) is 0 Å². The highest BCUT2D eigenvalue weighted by Gasteiger charge is 2.32. The lowest BCUT2D eigenvalue weighted by molar-refractivity contribution is -0.139. The molecular weight excluding hydrogens is 419 g/mol. The smallest absolute Gasteiger partial charge is 0.246 e. The molecule has 4 nitrogen and oxygen atoms in total. The maximum atomic E-state index is 12.7. The maximum Gasteiger partial charge on any atom is 0.246 e. The molecular formula is C24H24Cl2N2O2. The molecule has 1 aliphatic rings. The first-order valence-electron chi connectivity index (χ1n) is 9.83. The van der Waals surface area contributed by atoms with Crippen molar-refractivity contribution < 1.29 is 9.59 Å². The van der Waals surface area contributed by atoms with E-state index in [0.29, 0.717) is 23.1 Å². The zero-order chi connectivity index (χ0) is 21.7. The molecule has 0 aromatic heterocycles. The van der Waals surface area contributed by atoms with Gasteiger partial charge in [-0.3, -0.25) is 9.59 Å². The number of carbonyl (C=O) groups excluding carboxylic acids is 2. The SMILES string of the molecule is C[C@H]1CN(C(=O)/C=C/c2ccccc2Cl)[C@@H](C)CN1C(=O)/C=C/c1ccccc1Cl. The number of rotatable bonds is 4. The predicted octanol–water partition coefficient (Wildman–Crippen LogP) is 5.17. The Morgan fingerprint density at radius 3 is 1.50 bits per heavy atom. The molecule has 2 amide bonds. The first-order chi connectivity index (χ1) is 14.4. The molecule has 1 fully saturated rings. The van der Waals surface area contributed by atoms with Crippen LogP contribution in [0.1, 0.15) is 25.0 Å². The van der Waals surface area contributed by atoms with E-state index in [9.17, 15) is 9.59 Å². The van der Waals surface area contributed by atoms with Crippen molar-refractivity contribution >= 4 is 47.2 Å². The number of carbonyl (C=O) groups is 2. The molecule has 2 aromatic carbocycles. The third-order valence-corrected chi connectivity index (χ3v) is 5.86. The van der Waals surface area contributed by atoms with Crippen LogP contribution in [0.4, 0.5) is 0 Å². The predicted molar refractivity (Wildman–Crippen MR) is 123 cm³/mol. The summed E-state index contributed by atoms with van der Waals surface area (Å²) >= 11 is 12.3. The lowest BCUT2D eigenvalue weighted by atomic mass is 10.1. The zero-order valence-electron chi connectivity index (χ0n) is 17.0. The molecule has 0 spiro atoms. The molecule has 0 bridgehead atoms. The van der Waals surface area contributed by atoms with Gasteiger partial charge in [-0.05, 0) is 49.3 Å². The Bertz CT molecular complexity index is 907. The summed E-state index contributed by atoms with van der Waals surface area (Å²) < 4.78 is 0. The van der Waals surface area contributed by atoms with Crippen LogP contribution in [0.2, 0.25) is 10.0 Å². The summed E-state index contributed by atoms with van der Waals surface area (Å²) in [7, 11) is 0. The van der Waals surface area contributed by atoms with Gasteiger partial charge in [0, 0.05) is 47.4 Å². The van der Waals surface area contributed by atoms with Crippen molar-refractivity contribution in [2.45, 2.75) is 25.9 Å². The van der Waals surface area contributed by atoms with Crippen LogP contribution in [0.15, 0.2) is 60.7 Å². The van der Waals surface area contributed by atoms with E-state index >= 15 is 0 Å². The first-order valence-corrected chi connectivity index (χ1v) is 10.6. The number of benzene rings is 2. The van der Waals surface area contributed by atoms with Crippen LogP contribution in [0, 0.1) is 0 Å². The van der Waals surface area contributed by atoms with Crippen LogP contribution in [0.25, 0.3) is 12.2 Å². The van der Waals surface area contributed by atoms with E-state index in [2.05, 4.69) is 0 Å². The van der Waals surface area contributed by atoms with Crippen LogP contribution < -0.4 is 0 Å². The molecule has 2 atom stereocenters. The fourth-order valence-electron chi connectivity index (χ4n) is 3.47. The van der Waals surface area contributed by atoms with Crippen molar-refractivity contribution in [2.24, 2.45) is 0 Å². The summed E-state index contributed by atoms with van der Waals surface area (Å²) in [6, 6.07) is 14.6. The fraction of sp³-hybridized carbons (Fsp3) is 0.250. The molecule has 2 aromatic rings. The standard InChI is InChI=1S/C24H24Cl2N2O2/c1-17-15-28(24(30)14-12-20-8-4-6-10-22(20)26)18(2)16-27(17)23(29)13-11-19-7-3-5-9-21(19)25/h3-14,17-18H,15-16H2,1-2H3/b13-11+,14-12+/t17-,18-/m0/s1. The van der Waals surface area contributed by atoms with Crippen LogP contribution in [0.5, 0.6) is 0 Å². The van der Waals surface area contributed by atoms with Gasteiger partial charge >= 0.3 is 0 Å². The Morgan fingerprint density at radius 2 is 1.13 bits per heavy atom. The lowest BCUT2D eigenvalue weighted by Gasteiger charge is -2.43. The van der Waals surface area contributed by atoms with Gasteiger partial charge in [-0.1, -0.05) is 59.6 Å². The van der Waals surface area contributed by atoms with E-state index in [1.54, 1.807) is 46.2 Å². The summed E-state index contributed by atoms with van der Waals surface area (Å²) in [6.45, 7) is 4.84. The fourth-order valence-corrected chi connectivity index (χ4v) is 3.87. The monoisotopic (exact) mass is 442 g/mol. The van der Waals surface area contributed by atoms with E-state index < -0.39 is 0 Å². The number of piperazine rings is 1. The van der Waals surface area contributed by atoms with Crippen LogP contribution >= 0.6 is 23.2 Å². The second-order valence-corrected chi connectivity index (χ2v) is 8.20.